The van der Waals surface area contributed by atoms with Crippen LogP contribution in [0.5, 0.6) is 0 Å². The zero-order valence-corrected chi connectivity index (χ0v) is 17.3. The standard InChI is InChI=1S/2C12H20/c1-8(2)10-6-5-9-7-11(10)12(9,3)4;1-9(2)11-5-7-12(8-6-11)10(3)4/h6,8-9,11H,5,7H2,1-4H3;7,10-11H,1,5-6,8H2,2-4H3. The fourth-order valence-electron chi connectivity index (χ4n) is 4.87. The van der Waals surface area contributed by atoms with E-state index < -0.39 is 0 Å². The van der Waals surface area contributed by atoms with Crippen molar-refractivity contribution in [3.63, 3.8) is 0 Å². The van der Waals surface area contributed by atoms with Gasteiger partial charge in [-0.2, -0.15) is 0 Å². The van der Waals surface area contributed by atoms with Gasteiger partial charge in [0, 0.05) is 0 Å². The first-order chi connectivity index (χ1) is 11.1. The number of hydrogen-bond acceptors (Lipinski definition) is 0. The summed E-state index contributed by atoms with van der Waals surface area (Å²) in [6.45, 7) is 20.3. The molecule has 4 aliphatic rings. The number of allylic oxidation sites excluding steroid dienone is 5. The summed E-state index contributed by atoms with van der Waals surface area (Å²) in [6.07, 6.45) is 11.6. The van der Waals surface area contributed by atoms with Crippen molar-refractivity contribution in [1.82, 2.24) is 0 Å². The van der Waals surface area contributed by atoms with Gasteiger partial charge in [0.1, 0.15) is 0 Å². The highest BCUT2D eigenvalue weighted by molar-refractivity contribution is 5.24. The maximum absolute atomic E-state index is 4.02. The monoisotopic (exact) mass is 328 g/mol. The maximum Gasteiger partial charge on any atom is -0.0144 e. The number of hydrogen-bond donors (Lipinski definition) is 0. The van der Waals surface area contributed by atoms with E-state index in [1.54, 1.807) is 11.1 Å². The highest BCUT2D eigenvalue weighted by Crippen LogP contribution is 2.60. The third-order valence-electron chi connectivity index (χ3n) is 7.06. The lowest BCUT2D eigenvalue weighted by Crippen LogP contribution is -2.48. The summed E-state index contributed by atoms with van der Waals surface area (Å²) >= 11 is 0. The van der Waals surface area contributed by atoms with Crippen molar-refractivity contribution in [3.8, 4) is 0 Å². The average molecular weight is 329 g/mol. The smallest absolute Gasteiger partial charge is 0.0144 e. The summed E-state index contributed by atoms with van der Waals surface area (Å²) in [4.78, 5) is 0. The molecule has 3 atom stereocenters. The minimum atomic E-state index is 0.619. The van der Waals surface area contributed by atoms with Crippen molar-refractivity contribution in [3.05, 3.63) is 35.5 Å². The molecule has 4 rings (SSSR count). The van der Waals surface area contributed by atoms with Crippen LogP contribution >= 0.6 is 0 Å². The SMILES string of the molecule is C=C(C)C1CC=C(C(C)C)CC1.CC(C)C1=CCC2CC1C2(C)C. The lowest BCUT2D eigenvalue weighted by molar-refractivity contribution is -0.0116. The van der Waals surface area contributed by atoms with E-state index in [4.69, 9.17) is 0 Å². The van der Waals surface area contributed by atoms with Crippen LogP contribution in [0.1, 0.15) is 80.6 Å². The van der Waals surface area contributed by atoms with Gasteiger partial charge in [0.15, 0.2) is 0 Å². The summed E-state index contributed by atoms with van der Waals surface area (Å²) < 4.78 is 0. The number of rotatable bonds is 3. The fourth-order valence-corrected chi connectivity index (χ4v) is 4.87. The van der Waals surface area contributed by atoms with E-state index in [2.05, 4.69) is 67.2 Å². The molecule has 4 aliphatic carbocycles. The lowest BCUT2D eigenvalue weighted by Gasteiger charge is -2.57. The van der Waals surface area contributed by atoms with Crippen LogP contribution in [0.15, 0.2) is 35.5 Å². The van der Waals surface area contributed by atoms with Crippen molar-refractivity contribution < 1.29 is 0 Å². The predicted octanol–water partition coefficient (Wildman–Crippen LogP) is 7.58. The van der Waals surface area contributed by atoms with Gasteiger partial charge >= 0.3 is 0 Å². The Morgan fingerprint density at radius 3 is 2.08 bits per heavy atom. The highest BCUT2D eigenvalue weighted by atomic mass is 14.6. The van der Waals surface area contributed by atoms with Gasteiger partial charge in [-0.25, -0.2) is 0 Å². The molecule has 0 radical (unpaired) electrons. The Hall–Kier alpha value is -0.780. The zero-order chi connectivity index (χ0) is 18.1. The molecule has 0 aromatic rings. The second-order valence-corrected chi connectivity index (χ2v) is 9.65. The van der Waals surface area contributed by atoms with Crippen LogP contribution in [-0.2, 0) is 0 Å². The first-order valence-electron chi connectivity index (χ1n) is 10.2. The zero-order valence-electron chi connectivity index (χ0n) is 17.3. The first-order valence-corrected chi connectivity index (χ1v) is 10.2. The van der Waals surface area contributed by atoms with E-state index in [9.17, 15) is 0 Å². The topological polar surface area (TPSA) is 0 Å². The van der Waals surface area contributed by atoms with E-state index in [0.717, 1.165) is 29.6 Å². The molecular weight excluding hydrogens is 288 g/mol. The van der Waals surface area contributed by atoms with Gasteiger partial charge in [0.2, 0.25) is 0 Å². The second-order valence-electron chi connectivity index (χ2n) is 9.65. The Morgan fingerprint density at radius 2 is 1.75 bits per heavy atom. The average Bonchev–Trinajstić information content (AvgIpc) is 2.55. The minimum absolute atomic E-state index is 0.619. The second kappa shape index (κ2) is 7.63. The van der Waals surface area contributed by atoms with Crippen LogP contribution in [0.3, 0.4) is 0 Å². The maximum atomic E-state index is 4.02. The Balaban J connectivity index is 0.000000174. The first kappa shape index (κ1) is 19.5. The number of fused-ring (bicyclic) bond motifs is 1. The van der Waals surface area contributed by atoms with Gasteiger partial charge in [-0.15, -0.1) is 0 Å². The van der Waals surface area contributed by atoms with Crippen molar-refractivity contribution in [2.24, 2.45) is 35.0 Å². The van der Waals surface area contributed by atoms with Crippen LogP contribution in [0.25, 0.3) is 0 Å². The Kier molecular flexibility index (Phi) is 6.21. The van der Waals surface area contributed by atoms with Crippen molar-refractivity contribution in [2.75, 3.05) is 0 Å². The Bertz CT molecular complexity index is 512. The molecule has 24 heavy (non-hydrogen) atoms. The van der Waals surface area contributed by atoms with Gasteiger partial charge in [-0.1, -0.05) is 77.0 Å². The molecule has 0 amide bonds. The summed E-state index contributed by atoms with van der Waals surface area (Å²) in [5.41, 5.74) is 5.36. The molecule has 0 spiro atoms. The quantitative estimate of drug-likeness (QED) is 0.468. The predicted molar refractivity (Wildman–Crippen MR) is 108 cm³/mol. The molecule has 0 aromatic carbocycles. The molecule has 0 nitrogen and oxygen atoms in total. The molecule has 2 bridgehead atoms. The van der Waals surface area contributed by atoms with Crippen molar-refractivity contribution >= 4 is 0 Å². The molecule has 0 N–H and O–H groups in total. The molecule has 1 saturated carbocycles. The summed E-state index contributed by atoms with van der Waals surface area (Å²) in [7, 11) is 0. The summed E-state index contributed by atoms with van der Waals surface area (Å²) in [5, 5.41) is 0. The van der Waals surface area contributed by atoms with Crippen molar-refractivity contribution in [1.29, 1.82) is 0 Å². The fraction of sp³-hybridized carbons (Fsp3) is 0.750. The molecule has 0 heteroatoms. The molecule has 0 aromatic heterocycles. The highest BCUT2D eigenvalue weighted by Gasteiger charge is 2.51. The van der Waals surface area contributed by atoms with Gasteiger partial charge in [-0.3, -0.25) is 0 Å². The molecule has 136 valence electrons. The Labute approximate surface area is 151 Å². The molecule has 3 unspecified atom stereocenters. The summed E-state index contributed by atoms with van der Waals surface area (Å²) in [5.74, 6) is 4.18. The van der Waals surface area contributed by atoms with Crippen LogP contribution in [0.4, 0.5) is 0 Å². The molecular formula is C24H40. The van der Waals surface area contributed by atoms with Gasteiger partial charge in [-0.05, 0) is 74.0 Å². The van der Waals surface area contributed by atoms with Crippen LogP contribution in [0.2, 0.25) is 0 Å². The largest absolute Gasteiger partial charge is 0.0998 e. The molecule has 1 fully saturated rings. The van der Waals surface area contributed by atoms with E-state index in [1.165, 1.54) is 37.7 Å². The van der Waals surface area contributed by atoms with Crippen molar-refractivity contribution in [2.45, 2.75) is 80.6 Å². The summed E-state index contributed by atoms with van der Waals surface area (Å²) in [6, 6.07) is 0. The minimum Gasteiger partial charge on any atom is -0.0998 e. The van der Waals surface area contributed by atoms with Crippen LogP contribution in [-0.4, -0.2) is 0 Å². The molecule has 0 saturated heterocycles. The van der Waals surface area contributed by atoms with Crippen LogP contribution < -0.4 is 0 Å². The van der Waals surface area contributed by atoms with E-state index in [0.29, 0.717) is 5.41 Å². The van der Waals surface area contributed by atoms with Crippen LogP contribution in [0, 0.1) is 35.0 Å². The van der Waals surface area contributed by atoms with Gasteiger partial charge < -0.3 is 0 Å². The Morgan fingerprint density at radius 1 is 1.08 bits per heavy atom. The molecule has 0 heterocycles. The van der Waals surface area contributed by atoms with Gasteiger partial charge in [0.25, 0.3) is 0 Å². The van der Waals surface area contributed by atoms with E-state index >= 15 is 0 Å². The third kappa shape index (κ3) is 4.06. The van der Waals surface area contributed by atoms with E-state index in [-0.39, 0.29) is 0 Å². The lowest BCUT2D eigenvalue weighted by atomic mass is 9.48. The normalized spacial score (nSPS) is 30.8. The molecule has 0 aliphatic heterocycles. The third-order valence-corrected chi connectivity index (χ3v) is 7.06. The van der Waals surface area contributed by atoms with E-state index in [1.807, 2.05) is 0 Å². The van der Waals surface area contributed by atoms with Gasteiger partial charge in [0.05, 0.1) is 0 Å².